The highest BCUT2D eigenvalue weighted by atomic mass is 32.2. The van der Waals surface area contributed by atoms with E-state index in [1.165, 1.54) is 17.4 Å². The van der Waals surface area contributed by atoms with Crippen LogP contribution >= 0.6 is 0 Å². The number of aryl methyl sites for hydroxylation is 1. The fraction of sp³-hybridized carbons (Fsp3) is 0.263. The van der Waals surface area contributed by atoms with Gasteiger partial charge in [0.15, 0.2) is 29.4 Å². The normalized spacial score (nSPS) is 12.5. The third-order valence-electron chi connectivity index (χ3n) is 4.22. The third kappa shape index (κ3) is 5.22. The minimum atomic E-state index is -4.07. The molecule has 0 spiro atoms. The van der Waals surface area contributed by atoms with Gasteiger partial charge in [0.05, 0.1) is 4.90 Å². The van der Waals surface area contributed by atoms with Crippen molar-refractivity contribution in [2.24, 2.45) is 0 Å². The molecule has 0 unspecified atom stereocenters. The molecule has 7 nitrogen and oxygen atoms in total. The molecule has 2 rings (SSSR count). The summed E-state index contributed by atoms with van der Waals surface area (Å²) in [5.41, 5.74) is -0.812. The highest BCUT2D eigenvalue weighted by molar-refractivity contribution is 7.89. The fourth-order valence-corrected chi connectivity index (χ4v) is 3.50. The van der Waals surface area contributed by atoms with Gasteiger partial charge in [-0.1, -0.05) is 17.7 Å². The van der Waals surface area contributed by atoms with Crippen molar-refractivity contribution >= 4 is 27.6 Å². The lowest BCUT2D eigenvalue weighted by Crippen LogP contribution is -2.37. The molecule has 0 aliphatic carbocycles. The number of benzene rings is 2. The molecule has 1 atom stereocenters. The van der Waals surface area contributed by atoms with Crippen LogP contribution in [0.3, 0.4) is 0 Å². The molecule has 32 heavy (non-hydrogen) atoms. The van der Waals surface area contributed by atoms with Crippen molar-refractivity contribution in [3.63, 3.8) is 0 Å². The van der Waals surface area contributed by atoms with Crippen molar-refractivity contribution in [3.05, 3.63) is 58.9 Å². The second kappa shape index (κ2) is 9.61. The number of likely N-dealkylation sites (N-methyl/N-ethyl adjacent to an activating group) is 1. The Hall–Kier alpha value is -3.06. The van der Waals surface area contributed by atoms with Crippen molar-refractivity contribution < 1.29 is 44.7 Å². The van der Waals surface area contributed by atoms with Gasteiger partial charge < -0.3 is 10.1 Å². The third-order valence-corrected chi connectivity index (χ3v) is 6.03. The number of ether oxygens (including phenoxy) is 1. The first-order valence-corrected chi connectivity index (χ1v) is 10.3. The van der Waals surface area contributed by atoms with Crippen LogP contribution in [-0.4, -0.2) is 44.3 Å². The first-order valence-electron chi connectivity index (χ1n) is 8.82. The molecule has 0 bridgehead atoms. The Morgan fingerprint density at radius 2 is 1.44 bits per heavy atom. The zero-order valence-electron chi connectivity index (χ0n) is 16.9. The van der Waals surface area contributed by atoms with Crippen molar-refractivity contribution in [2.45, 2.75) is 24.8 Å². The molecule has 2 aromatic rings. The number of nitrogens with zero attached hydrogens (tertiary/aromatic N) is 1. The van der Waals surface area contributed by atoms with Crippen molar-refractivity contribution in [1.82, 2.24) is 4.31 Å². The first kappa shape index (κ1) is 25.2. The molecular formula is C19H17F5N2O5S. The van der Waals surface area contributed by atoms with E-state index in [-0.39, 0.29) is 4.90 Å². The SMILES string of the molecule is Cc1ccc(S(=O)(=O)N(C)CC(=O)O[C@H](C)C(=O)Nc2c(F)c(F)c(F)c(F)c2F)cc1. The second-order valence-electron chi connectivity index (χ2n) is 6.64. The summed E-state index contributed by atoms with van der Waals surface area (Å²) in [7, 11) is -2.99. The number of sulfonamides is 1. The van der Waals surface area contributed by atoms with Crippen LogP contribution in [0.25, 0.3) is 0 Å². The topological polar surface area (TPSA) is 92.8 Å². The summed E-state index contributed by atoms with van der Waals surface area (Å²) in [6.45, 7) is 1.88. The predicted octanol–water partition coefficient (Wildman–Crippen LogP) is 2.88. The summed E-state index contributed by atoms with van der Waals surface area (Å²) < 4.78 is 97.1. The molecule has 0 aromatic heterocycles. The largest absolute Gasteiger partial charge is 0.452 e. The van der Waals surface area contributed by atoms with E-state index < -0.39 is 69.3 Å². The van der Waals surface area contributed by atoms with Crippen LogP contribution in [-0.2, 0) is 24.3 Å². The predicted molar refractivity (Wildman–Crippen MR) is 101 cm³/mol. The molecule has 0 radical (unpaired) electrons. The Labute approximate surface area is 179 Å². The minimum absolute atomic E-state index is 0.101. The molecule has 0 heterocycles. The quantitative estimate of drug-likeness (QED) is 0.285. The highest BCUT2D eigenvalue weighted by Crippen LogP contribution is 2.27. The highest BCUT2D eigenvalue weighted by Gasteiger charge is 2.29. The number of hydrogen-bond acceptors (Lipinski definition) is 5. The van der Waals surface area contributed by atoms with Gasteiger partial charge in [-0.2, -0.15) is 4.31 Å². The smallest absolute Gasteiger partial charge is 0.322 e. The molecule has 0 fully saturated rings. The molecular weight excluding hydrogens is 463 g/mol. The Kier molecular flexibility index (Phi) is 7.57. The van der Waals surface area contributed by atoms with Crippen molar-refractivity contribution in [2.75, 3.05) is 18.9 Å². The molecule has 0 aliphatic heterocycles. The fourth-order valence-electron chi connectivity index (χ4n) is 2.38. The molecule has 0 saturated carbocycles. The number of amides is 1. The number of nitrogens with one attached hydrogen (secondary N) is 1. The van der Waals surface area contributed by atoms with Crippen LogP contribution in [0, 0.1) is 36.0 Å². The van der Waals surface area contributed by atoms with Gasteiger partial charge in [0.25, 0.3) is 5.91 Å². The summed E-state index contributed by atoms with van der Waals surface area (Å²) in [5.74, 6) is -14.1. The van der Waals surface area contributed by atoms with Crippen molar-refractivity contribution in [3.8, 4) is 0 Å². The van der Waals surface area contributed by atoms with E-state index in [2.05, 4.69) is 0 Å². The minimum Gasteiger partial charge on any atom is -0.452 e. The Morgan fingerprint density at radius 3 is 1.94 bits per heavy atom. The monoisotopic (exact) mass is 480 g/mol. The average Bonchev–Trinajstić information content (AvgIpc) is 2.73. The second-order valence-corrected chi connectivity index (χ2v) is 8.69. The van der Waals surface area contributed by atoms with Gasteiger partial charge in [0.1, 0.15) is 12.2 Å². The number of anilines is 1. The molecule has 0 aliphatic rings. The van der Waals surface area contributed by atoms with Crippen LogP contribution in [0.1, 0.15) is 12.5 Å². The molecule has 174 valence electrons. The van der Waals surface area contributed by atoms with Crippen LogP contribution < -0.4 is 5.32 Å². The standard InChI is InChI=1S/C19H17F5N2O5S/c1-9-4-6-11(7-5-9)32(29,30)26(3)8-12(27)31-10(2)19(28)25-18-16(23)14(21)13(20)15(22)17(18)24/h4-7,10H,8H2,1-3H3,(H,25,28)/t10-/m1/s1. The number of esters is 1. The molecule has 1 amide bonds. The number of carbonyl (C=O) groups is 2. The molecule has 2 aromatic carbocycles. The Bertz CT molecular complexity index is 1130. The lowest BCUT2D eigenvalue weighted by Gasteiger charge is -2.19. The zero-order valence-corrected chi connectivity index (χ0v) is 17.7. The lowest BCUT2D eigenvalue weighted by atomic mass is 10.2. The van der Waals surface area contributed by atoms with Crippen molar-refractivity contribution in [1.29, 1.82) is 0 Å². The van der Waals surface area contributed by atoms with Gasteiger partial charge in [-0.15, -0.1) is 0 Å². The van der Waals surface area contributed by atoms with E-state index in [1.807, 2.05) is 0 Å². The summed E-state index contributed by atoms with van der Waals surface area (Å²) in [4.78, 5) is 23.9. The van der Waals surface area contributed by atoms with Crippen LogP contribution in [0.2, 0.25) is 0 Å². The van der Waals surface area contributed by atoms with Crippen LogP contribution in [0.15, 0.2) is 29.2 Å². The van der Waals surface area contributed by atoms with Gasteiger partial charge in [-0.05, 0) is 26.0 Å². The number of halogens is 5. The van der Waals surface area contributed by atoms with E-state index in [9.17, 15) is 40.0 Å². The number of carbonyl (C=O) groups excluding carboxylic acids is 2. The maximum Gasteiger partial charge on any atom is 0.322 e. The van der Waals surface area contributed by atoms with Crippen LogP contribution in [0.4, 0.5) is 27.6 Å². The molecule has 0 saturated heterocycles. The van der Waals surface area contributed by atoms with Crippen LogP contribution in [0.5, 0.6) is 0 Å². The zero-order chi connectivity index (χ0) is 24.4. The Morgan fingerprint density at radius 1 is 0.969 bits per heavy atom. The van der Waals surface area contributed by atoms with Gasteiger partial charge in [0, 0.05) is 7.05 Å². The van der Waals surface area contributed by atoms with E-state index >= 15 is 0 Å². The molecule has 1 N–H and O–H groups in total. The number of hydrogen-bond donors (Lipinski definition) is 1. The molecule has 13 heteroatoms. The van der Waals surface area contributed by atoms with E-state index in [1.54, 1.807) is 19.1 Å². The maximum absolute atomic E-state index is 13.7. The van der Waals surface area contributed by atoms with Gasteiger partial charge >= 0.3 is 5.97 Å². The maximum atomic E-state index is 13.7. The van der Waals surface area contributed by atoms with E-state index in [0.29, 0.717) is 4.31 Å². The van der Waals surface area contributed by atoms with E-state index in [4.69, 9.17) is 4.74 Å². The van der Waals surface area contributed by atoms with Gasteiger partial charge in [-0.25, -0.2) is 30.4 Å². The summed E-state index contributed by atoms with van der Waals surface area (Å²) in [6, 6.07) is 5.74. The summed E-state index contributed by atoms with van der Waals surface area (Å²) in [5, 5.41) is 1.46. The van der Waals surface area contributed by atoms with E-state index in [0.717, 1.165) is 19.5 Å². The summed E-state index contributed by atoms with van der Waals surface area (Å²) in [6.07, 6.45) is -1.76. The summed E-state index contributed by atoms with van der Waals surface area (Å²) >= 11 is 0. The number of rotatable bonds is 7. The lowest BCUT2D eigenvalue weighted by molar-refractivity contribution is -0.153. The Balaban J connectivity index is 2.06. The van der Waals surface area contributed by atoms with Gasteiger partial charge in [-0.3, -0.25) is 9.59 Å². The first-order chi connectivity index (χ1) is 14.8. The van der Waals surface area contributed by atoms with Gasteiger partial charge in [0.2, 0.25) is 15.8 Å². The average molecular weight is 480 g/mol.